The maximum absolute atomic E-state index is 10.1. The zero-order valence-electron chi connectivity index (χ0n) is 66.8. The summed E-state index contributed by atoms with van der Waals surface area (Å²) in [6.45, 7) is 0. The first-order valence-corrected chi connectivity index (χ1v) is 41.7. The van der Waals surface area contributed by atoms with Crippen molar-refractivity contribution in [2.24, 2.45) is 0 Å². The number of rotatable bonds is 12. The van der Waals surface area contributed by atoms with Gasteiger partial charge in [-0.25, -0.2) is 29.9 Å². The molecule has 0 amide bonds. The molecule has 0 saturated carbocycles. The molecule has 2 aromatic heterocycles. The SMILES string of the molecule is N#Cc1ccc(-c2ccc3c4c(ccc(-c5c6ccccc6c(-c6nc(-c7ccccc7)nc(-c7ccccc7)n6)c6ccccc56)c24)-c2ccccc2-3)c2ccccc12.N#Cc1ccc(-c2ccc3c4c(ccc(-c5ccc(-c6ccc(-c7ccc(-c8nc(-c9ccccc9)nc(-c9ccccc9)n8)cc7)cc6)cc5)c24)-c2ccccc2-3)c2ccccc12. The molecule has 0 aliphatic heterocycles. The molecule has 0 atom stereocenters. The van der Waals surface area contributed by atoms with Gasteiger partial charge in [-0.1, -0.05) is 400 Å². The highest BCUT2D eigenvalue weighted by Crippen LogP contribution is 2.57. The molecule has 8 heteroatoms. The Morgan fingerprint density at radius 3 is 0.685 bits per heavy atom. The first kappa shape index (κ1) is 72.2. The molecule has 0 N–H and O–H groups in total. The van der Waals surface area contributed by atoms with Crippen molar-refractivity contribution in [3.8, 4) is 192 Å². The lowest BCUT2D eigenvalue weighted by atomic mass is 9.82. The van der Waals surface area contributed by atoms with Crippen molar-refractivity contribution in [3.63, 3.8) is 0 Å². The topological polar surface area (TPSA) is 125 Å². The van der Waals surface area contributed by atoms with Crippen LogP contribution >= 0.6 is 0 Å². The Hall–Kier alpha value is -17.0. The van der Waals surface area contributed by atoms with Crippen molar-refractivity contribution in [3.05, 3.63) is 424 Å². The van der Waals surface area contributed by atoms with Crippen LogP contribution < -0.4 is 0 Å². The van der Waals surface area contributed by atoms with E-state index in [1.807, 2.05) is 121 Å². The van der Waals surface area contributed by atoms with E-state index in [0.29, 0.717) is 46.1 Å². The molecule has 2 heterocycles. The molecular formula is C116H68N8. The van der Waals surface area contributed by atoms with E-state index >= 15 is 0 Å². The predicted octanol–water partition coefficient (Wildman–Crippen LogP) is 29.7. The standard InChI is InChI=1S/C60H36N4.C56H32N4/c61-37-46-31-32-52(49-16-8-7-15-47(46)49)55-36-35-54-51-18-10-9-17-50(51)53-34-33-48(56(55)57(53)54)42-27-23-40(24-28-42)38-19-21-39(22-20-38)41-25-29-45(30-26-41)60-63-58(43-11-3-1-4-12-43)62-59(64-60)44-13-5-2-6-14-44;57-33-36-27-28-41(38-20-8-7-19-37(36)38)48-30-29-46-39-21-9-10-22-40(39)47-31-32-49(52(48)51(46)47)50-42-23-11-13-25-44(42)53(45-26-14-12-24-43(45)50)56-59-54(34-15-3-1-4-16-34)58-55(60-56)35-17-5-2-6-18-35/h1-36H;1-32H. The van der Waals surface area contributed by atoms with Crippen LogP contribution in [0.3, 0.4) is 0 Å². The van der Waals surface area contributed by atoms with Gasteiger partial charge in [-0.05, 0) is 177 Å². The maximum Gasteiger partial charge on any atom is 0.165 e. The van der Waals surface area contributed by atoms with Crippen molar-refractivity contribution < 1.29 is 0 Å². The van der Waals surface area contributed by atoms with Crippen molar-refractivity contribution in [2.75, 3.05) is 0 Å². The van der Waals surface area contributed by atoms with Crippen LogP contribution in [-0.4, -0.2) is 29.9 Å². The molecule has 2 aliphatic rings. The van der Waals surface area contributed by atoms with Gasteiger partial charge in [-0.2, -0.15) is 10.5 Å². The van der Waals surface area contributed by atoms with Crippen LogP contribution in [0.25, 0.3) is 244 Å². The highest BCUT2D eigenvalue weighted by molar-refractivity contribution is 6.30. The van der Waals surface area contributed by atoms with Gasteiger partial charge in [0.25, 0.3) is 0 Å². The monoisotopic (exact) mass is 1570 g/mol. The Morgan fingerprint density at radius 1 is 0.137 bits per heavy atom. The van der Waals surface area contributed by atoms with Crippen LogP contribution in [-0.2, 0) is 0 Å². The van der Waals surface area contributed by atoms with Crippen molar-refractivity contribution in [2.45, 2.75) is 0 Å². The van der Waals surface area contributed by atoms with E-state index in [2.05, 4.69) is 303 Å². The summed E-state index contributed by atoms with van der Waals surface area (Å²) in [5.74, 6) is 3.82. The summed E-state index contributed by atoms with van der Waals surface area (Å²) in [6, 6.07) is 149. The second-order valence-electron chi connectivity index (χ2n) is 31.5. The Kier molecular flexibility index (Phi) is 17.5. The smallest absolute Gasteiger partial charge is 0.165 e. The number of nitriles is 2. The summed E-state index contributed by atoms with van der Waals surface area (Å²) in [6.07, 6.45) is 0. The Bertz CT molecular complexity index is 7970. The third-order valence-electron chi connectivity index (χ3n) is 24.7. The number of aromatic nitrogens is 6. The quantitative estimate of drug-likeness (QED) is 0.111. The fourth-order valence-corrected chi connectivity index (χ4v) is 19.0. The third-order valence-corrected chi connectivity index (χ3v) is 24.7. The van der Waals surface area contributed by atoms with Crippen LogP contribution in [0.1, 0.15) is 11.1 Å². The average molecular weight is 1570 g/mol. The van der Waals surface area contributed by atoms with Crippen molar-refractivity contribution in [1.29, 1.82) is 10.5 Å². The molecule has 572 valence electrons. The zero-order valence-corrected chi connectivity index (χ0v) is 66.8. The predicted molar refractivity (Wildman–Crippen MR) is 508 cm³/mol. The first-order chi connectivity index (χ1) is 61.4. The number of fused-ring (bicyclic) bond motifs is 10. The van der Waals surface area contributed by atoms with E-state index in [1.54, 1.807) is 0 Å². The molecule has 0 bridgehead atoms. The van der Waals surface area contributed by atoms with E-state index in [1.165, 1.54) is 77.2 Å². The Labute approximate surface area is 715 Å². The highest BCUT2D eigenvalue weighted by Gasteiger charge is 2.31. The van der Waals surface area contributed by atoms with Gasteiger partial charge < -0.3 is 0 Å². The van der Waals surface area contributed by atoms with Crippen molar-refractivity contribution in [1.82, 2.24) is 29.9 Å². The highest BCUT2D eigenvalue weighted by atomic mass is 15.0. The second kappa shape index (κ2) is 30.1. The lowest BCUT2D eigenvalue weighted by molar-refractivity contribution is 1.07. The minimum absolute atomic E-state index is 0.627. The molecule has 0 radical (unpaired) electrons. The van der Waals surface area contributed by atoms with Crippen LogP contribution in [0.2, 0.25) is 0 Å². The molecular weight excluding hydrogens is 1510 g/mol. The normalized spacial score (nSPS) is 11.5. The van der Waals surface area contributed by atoms with Gasteiger partial charge in [0.1, 0.15) is 0 Å². The molecule has 0 saturated heterocycles. The van der Waals surface area contributed by atoms with E-state index in [4.69, 9.17) is 29.9 Å². The summed E-state index contributed by atoms with van der Waals surface area (Å²) in [7, 11) is 0. The second-order valence-corrected chi connectivity index (χ2v) is 31.5. The Balaban J connectivity index is 0.000000144. The summed E-state index contributed by atoms with van der Waals surface area (Å²) in [4.78, 5) is 30.2. The summed E-state index contributed by atoms with van der Waals surface area (Å²) < 4.78 is 0. The van der Waals surface area contributed by atoms with Gasteiger partial charge in [-0.15, -0.1) is 0 Å². The number of benzene rings is 20. The van der Waals surface area contributed by atoms with E-state index in [9.17, 15) is 10.5 Å². The van der Waals surface area contributed by atoms with Crippen molar-refractivity contribution >= 4 is 64.6 Å². The first-order valence-electron chi connectivity index (χ1n) is 41.7. The lowest BCUT2D eigenvalue weighted by Gasteiger charge is -2.21. The molecule has 22 aromatic rings. The van der Waals surface area contributed by atoms with Gasteiger partial charge in [-0.3, -0.25) is 0 Å². The van der Waals surface area contributed by atoms with E-state index in [-0.39, 0.29) is 0 Å². The summed E-state index contributed by atoms with van der Waals surface area (Å²) in [5.41, 5.74) is 30.8. The minimum atomic E-state index is 0.627. The van der Waals surface area contributed by atoms with Gasteiger partial charge in [0, 0.05) is 44.2 Å². The van der Waals surface area contributed by atoms with Crippen LogP contribution in [0.4, 0.5) is 0 Å². The number of hydrogen-bond donors (Lipinski definition) is 0. The van der Waals surface area contributed by atoms with Gasteiger partial charge in [0.2, 0.25) is 0 Å². The molecule has 8 nitrogen and oxygen atoms in total. The van der Waals surface area contributed by atoms with E-state index < -0.39 is 0 Å². The lowest BCUT2D eigenvalue weighted by Crippen LogP contribution is -2.01. The summed E-state index contributed by atoms with van der Waals surface area (Å²) >= 11 is 0. The molecule has 20 aromatic carbocycles. The third kappa shape index (κ3) is 12.2. The molecule has 2 aliphatic carbocycles. The van der Waals surface area contributed by atoms with Gasteiger partial charge in [0.05, 0.1) is 23.3 Å². The fourth-order valence-electron chi connectivity index (χ4n) is 19.0. The molecule has 0 unspecified atom stereocenters. The molecule has 124 heavy (non-hydrogen) atoms. The largest absolute Gasteiger partial charge is 0.208 e. The minimum Gasteiger partial charge on any atom is -0.208 e. The molecule has 0 fully saturated rings. The number of nitrogens with zero attached hydrogens (tertiary/aromatic N) is 8. The fraction of sp³-hybridized carbons (Fsp3) is 0. The average Bonchev–Trinajstić information content (AvgIpc) is 1.41. The zero-order chi connectivity index (χ0) is 82.3. The van der Waals surface area contributed by atoms with E-state index in [0.717, 1.165) is 132 Å². The van der Waals surface area contributed by atoms with Crippen LogP contribution in [0.15, 0.2) is 413 Å². The summed E-state index contributed by atoms with van der Waals surface area (Å²) in [5, 5.41) is 33.5. The molecule has 0 spiro atoms. The number of hydrogen-bond acceptors (Lipinski definition) is 8. The van der Waals surface area contributed by atoms with Crippen LogP contribution in [0.5, 0.6) is 0 Å². The van der Waals surface area contributed by atoms with Gasteiger partial charge in [0.15, 0.2) is 34.9 Å². The molecule has 24 rings (SSSR count). The van der Waals surface area contributed by atoms with Gasteiger partial charge >= 0.3 is 0 Å². The Morgan fingerprint density at radius 2 is 0.355 bits per heavy atom. The van der Waals surface area contributed by atoms with Crippen LogP contribution in [0, 0.1) is 22.7 Å². The maximum atomic E-state index is 10.1.